The zero-order valence-corrected chi connectivity index (χ0v) is 10.0. The second-order valence-corrected chi connectivity index (χ2v) is 4.33. The van der Waals surface area contributed by atoms with Crippen LogP contribution in [-0.2, 0) is 0 Å². The van der Waals surface area contributed by atoms with Crippen LogP contribution in [0.4, 0.5) is 0 Å². The van der Waals surface area contributed by atoms with Gasteiger partial charge >= 0.3 is 0 Å². The Labute approximate surface area is 99.9 Å². The predicted octanol–water partition coefficient (Wildman–Crippen LogP) is 0.153. The van der Waals surface area contributed by atoms with Gasteiger partial charge in [0.1, 0.15) is 12.0 Å². The maximum absolute atomic E-state index is 12.1. The van der Waals surface area contributed by atoms with E-state index in [1.54, 1.807) is 6.20 Å². The SMILES string of the molecule is CN1CCN(C(=O)c2ncncc2S)CC1. The molecule has 0 bridgehead atoms. The van der Waals surface area contributed by atoms with Gasteiger partial charge in [-0.3, -0.25) is 4.79 Å². The number of piperazine rings is 1. The fraction of sp³-hybridized carbons (Fsp3) is 0.500. The molecule has 0 aromatic carbocycles. The van der Waals surface area contributed by atoms with Crippen LogP contribution in [0, 0.1) is 0 Å². The molecule has 2 rings (SSSR count). The highest BCUT2D eigenvalue weighted by Gasteiger charge is 2.22. The van der Waals surface area contributed by atoms with Crippen molar-refractivity contribution in [1.82, 2.24) is 19.8 Å². The highest BCUT2D eigenvalue weighted by atomic mass is 32.1. The van der Waals surface area contributed by atoms with E-state index in [0.717, 1.165) is 26.2 Å². The second-order valence-electron chi connectivity index (χ2n) is 3.85. The van der Waals surface area contributed by atoms with E-state index < -0.39 is 0 Å². The van der Waals surface area contributed by atoms with Crippen molar-refractivity contribution < 1.29 is 4.79 Å². The molecule has 1 saturated heterocycles. The van der Waals surface area contributed by atoms with Gasteiger partial charge in [0.15, 0.2) is 0 Å². The smallest absolute Gasteiger partial charge is 0.273 e. The topological polar surface area (TPSA) is 49.3 Å². The molecule has 5 nitrogen and oxygen atoms in total. The minimum absolute atomic E-state index is 0.0551. The van der Waals surface area contributed by atoms with Crippen LogP contribution < -0.4 is 0 Å². The molecule has 0 unspecified atom stereocenters. The standard InChI is InChI=1S/C10H14N4OS/c1-13-2-4-14(5-3-13)10(15)9-8(16)6-11-7-12-9/h6-7,16H,2-5H2,1H3. The van der Waals surface area contributed by atoms with Crippen LogP contribution in [0.2, 0.25) is 0 Å². The summed E-state index contributed by atoms with van der Waals surface area (Å²) >= 11 is 4.19. The van der Waals surface area contributed by atoms with Crippen molar-refractivity contribution in [2.75, 3.05) is 33.2 Å². The van der Waals surface area contributed by atoms with Crippen molar-refractivity contribution in [1.29, 1.82) is 0 Å². The molecule has 0 spiro atoms. The summed E-state index contributed by atoms with van der Waals surface area (Å²) in [4.78, 5) is 24.4. The molecule has 1 aliphatic heterocycles. The fourth-order valence-corrected chi connectivity index (χ4v) is 1.87. The minimum Gasteiger partial charge on any atom is -0.335 e. The first-order chi connectivity index (χ1) is 7.68. The first-order valence-electron chi connectivity index (χ1n) is 5.15. The molecule has 0 saturated carbocycles. The lowest BCUT2D eigenvalue weighted by molar-refractivity contribution is 0.0654. The van der Waals surface area contributed by atoms with Crippen molar-refractivity contribution in [2.45, 2.75) is 4.90 Å². The van der Waals surface area contributed by atoms with E-state index in [1.807, 2.05) is 4.90 Å². The highest BCUT2D eigenvalue weighted by Crippen LogP contribution is 2.12. The summed E-state index contributed by atoms with van der Waals surface area (Å²) in [6, 6.07) is 0. The lowest BCUT2D eigenvalue weighted by Gasteiger charge is -2.32. The first-order valence-corrected chi connectivity index (χ1v) is 5.60. The second kappa shape index (κ2) is 4.80. The van der Waals surface area contributed by atoms with Crippen molar-refractivity contribution in [3.05, 3.63) is 18.2 Å². The van der Waals surface area contributed by atoms with Gasteiger partial charge in [-0.15, -0.1) is 12.6 Å². The molecular formula is C10H14N4OS. The Hall–Kier alpha value is -1.14. The number of likely N-dealkylation sites (N-methyl/N-ethyl adjacent to an activating group) is 1. The van der Waals surface area contributed by atoms with E-state index in [2.05, 4.69) is 34.5 Å². The van der Waals surface area contributed by atoms with Crippen molar-refractivity contribution >= 4 is 18.5 Å². The summed E-state index contributed by atoms with van der Waals surface area (Å²) in [5.41, 5.74) is 0.392. The average molecular weight is 238 g/mol. The van der Waals surface area contributed by atoms with Crippen molar-refractivity contribution in [3.63, 3.8) is 0 Å². The van der Waals surface area contributed by atoms with Crippen LogP contribution >= 0.6 is 12.6 Å². The molecule has 1 amide bonds. The molecule has 2 heterocycles. The van der Waals surface area contributed by atoms with Crippen LogP contribution in [0.5, 0.6) is 0 Å². The molecule has 1 aromatic rings. The Morgan fingerprint density at radius 1 is 1.38 bits per heavy atom. The van der Waals surface area contributed by atoms with Gasteiger partial charge in [0.2, 0.25) is 0 Å². The lowest BCUT2D eigenvalue weighted by atomic mass is 10.3. The number of thiol groups is 1. The van der Waals surface area contributed by atoms with Gasteiger partial charge in [-0.25, -0.2) is 9.97 Å². The van der Waals surface area contributed by atoms with Crippen LogP contribution in [0.3, 0.4) is 0 Å². The molecule has 1 fully saturated rings. The van der Waals surface area contributed by atoms with Crippen molar-refractivity contribution in [3.8, 4) is 0 Å². The van der Waals surface area contributed by atoms with E-state index in [4.69, 9.17) is 0 Å². The minimum atomic E-state index is -0.0551. The highest BCUT2D eigenvalue weighted by molar-refractivity contribution is 7.80. The van der Waals surface area contributed by atoms with E-state index in [0.29, 0.717) is 10.6 Å². The average Bonchev–Trinajstić information content (AvgIpc) is 2.30. The summed E-state index contributed by atoms with van der Waals surface area (Å²) in [6.07, 6.45) is 2.92. The van der Waals surface area contributed by atoms with Gasteiger partial charge in [-0.2, -0.15) is 0 Å². The number of hydrogen-bond donors (Lipinski definition) is 1. The molecule has 0 atom stereocenters. The van der Waals surface area contributed by atoms with E-state index in [9.17, 15) is 4.79 Å². The third-order valence-corrected chi connectivity index (χ3v) is 3.01. The summed E-state index contributed by atoms with van der Waals surface area (Å²) in [5.74, 6) is -0.0551. The molecule has 0 N–H and O–H groups in total. The van der Waals surface area contributed by atoms with Gasteiger partial charge < -0.3 is 9.80 Å². The molecule has 1 aromatic heterocycles. The van der Waals surface area contributed by atoms with Gasteiger partial charge in [-0.1, -0.05) is 0 Å². The Morgan fingerprint density at radius 2 is 2.06 bits per heavy atom. The molecular weight excluding hydrogens is 224 g/mol. The quantitative estimate of drug-likeness (QED) is 0.708. The Kier molecular flexibility index (Phi) is 3.40. The molecule has 0 radical (unpaired) electrons. The zero-order chi connectivity index (χ0) is 11.5. The van der Waals surface area contributed by atoms with Gasteiger partial charge in [0.05, 0.1) is 4.90 Å². The lowest BCUT2D eigenvalue weighted by Crippen LogP contribution is -2.47. The summed E-state index contributed by atoms with van der Waals surface area (Å²) in [5, 5.41) is 0. The maximum Gasteiger partial charge on any atom is 0.273 e. The number of amides is 1. The normalized spacial score (nSPS) is 17.5. The van der Waals surface area contributed by atoms with Crippen LogP contribution in [-0.4, -0.2) is 58.9 Å². The largest absolute Gasteiger partial charge is 0.335 e. The third kappa shape index (κ3) is 2.33. The first kappa shape index (κ1) is 11.3. The number of aromatic nitrogens is 2. The Balaban J connectivity index is 2.11. The zero-order valence-electron chi connectivity index (χ0n) is 9.13. The van der Waals surface area contributed by atoms with Gasteiger partial charge in [0.25, 0.3) is 5.91 Å². The number of rotatable bonds is 1. The van der Waals surface area contributed by atoms with E-state index >= 15 is 0 Å². The van der Waals surface area contributed by atoms with Gasteiger partial charge in [-0.05, 0) is 7.05 Å². The maximum atomic E-state index is 12.1. The molecule has 0 aliphatic carbocycles. The molecule has 6 heteroatoms. The van der Waals surface area contributed by atoms with Crippen molar-refractivity contribution in [2.24, 2.45) is 0 Å². The predicted molar refractivity (Wildman–Crippen MR) is 62.7 cm³/mol. The van der Waals surface area contributed by atoms with Crippen LogP contribution in [0.15, 0.2) is 17.4 Å². The molecule has 1 aliphatic rings. The summed E-state index contributed by atoms with van der Waals surface area (Å²) < 4.78 is 0. The fourth-order valence-electron chi connectivity index (χ4n) is 1.65. The summed E-state index contributed by atoms with van der Waals surface area (Å²) in [6.45, 7) is 3.29. The molecule has 16 heavy (non-hydrogen) atoms. The number of hydrogen-bond acceptors (Lipinski definition) is 5. The van der Waals surface area contributed by atoms with Gasteiger partial charge in [0, 0.05) is 32.4 Å². The van der Waals surface area contributed by atoms with E-state index in [-0.39, 0.29) is 5.91 Å². The monoisotopic (exact) mass is 238 g/mol. The number of nitrogens with zero attached hydrogens (tertiary/aromatic N) is 4. The van der Waals surface area contributed by atoms with Crippen LogP contribution in [0.25, 0.3) is 0 Å². The molecule has 86 valence electrons. The number of carbonyl (C=O) groups is 1. The third-order valence-electron chi connectivity index (χ3n) is 2.69. The number of carbonyl (C=O) groups excluding carboxylic acids is 1. The van der Waals surface area contributed by atoms with E-state index in [1.165, 1.54) is 6.33 Å². The Morgan fingerprint density at radius 3 is 2.69 bits per heavy atom. The van der Waals surface area contributed by atoms with Crippen LogP contribution in [0.1, 0.15) is 10.5 Å². The summed E-state index contributed by atoms with van der Waals surface area (Å²) in [7, 11) is 2.05. The Bertz CT molecular complexity index is 390.